The smallest absolute Gasteiger partial charge is 0.418 e. The largest absolute Gasteiger partial charge is 0.430 e. The van der Waals surface area contributed by atoms with Crippen LogP contribution < -0.4 is 0 Å². The van der Waals surface area contributed by atoms with Crippen LogP contribution in [0.5, 0.6) is 0 Å². The van der Waals surface area contributed by atoms with Gasteiger partial charge < -0.3 is 4.74 Å². The quantitative estimate of drug-likeness (QED) is 0.751. The zero-order chi connectivity index (χ0) is 19.6. The van der Waals surface area contributed by atoms with Crippen molar-refractivity contribution in [2.75, 3.05) is 0 Å². The lowest BCUT2D eigenvalue weighted by Gasteiger charge is -2.37. The molecule has 2 aromatic carbocycles. The molecule has 1 aliphatic rings. The topological polar surface area (TPSA) is 46.6 Å². The summed E-state index contributed by atoms with van der Waals surface area (Å²) in [7, 11) is 0. The Hall–Kier alpha value is -2.62. The number of hydrogen-bond acceptors (Lipinski definition) is 3. The van der Waals surface area contributed by atoms with Crippen molar-refractivity contribution >= 4 is 12.0 Å². The lowest BCUT2D eigenvalue weighted by atomic mass is 9.75. The number of ether oxygens (including phenoxy) is 1. The third kappa shape index (κ3) is 3.36. The maximum Gasteiger partial charge on any atom is 0.418 e. The molecule has 1 saturated heterocycles. The van der Waals surface area contributed by atoms with Crippen LogP contribution in [0.25, 0.3) is 0 Å². The predicted octanol–water partition coefficient (Wildman–Crippen LogP) is 4.98. The number of carbonyl (C=O) groups excluding carboxylic acids is 2. The number of nitrogens with zero attached hydrogens (tertiary/aromatic N) is 1. The minimum atomic E-state index is -1.01. The molecular weight excluding hydrogens is 338 g/mol. The molecule has 1 heterocycles. The first-order valence-corrected chi connectivity index (χ1v) is 9.54. The number of imide groups is 1. The molecule has 0 N–H and O–H groups in total. The van der Waals surface area contributed by atoms with Gasteiger partial charge in [0.15, 0.2) is 5.60 Å². The monoisotopic (exact) mass is 365 g/mol. The molecule has 0 radical (unpaired) electrons. The van der Waals surface area contributed by atoms with Crippen LogP contribution >= 0.6 is 0 Å². The molecule has 1 unspecified atom stereocenters. The molecule has 142 valence electrons. The van der Waals surface area contributed by atoms with Crippen molar-refractivity contribution in [3.63, 3.8) is 0 Å². The summed E-state index contributed by atoms with van der Waals surface area (Å²) in [4.78, 5) is 27.3. The first-order chi connectivity index (χ1) is 12.9. The molecule has 0 aromatic heterocycles. The van der Waals surface area contributed by atoms with Gasteiger partial charge in [-0.2, -0.15) is 0 Å². The van der Waals surface area contributed by atoms with Gasteiger partial charge >= 0.3 is 6.09 Å². The third-order valence-corrected chi connectivity index (χ3v) is 5.03. The van der Waals surface area contributed by atoms with Crippen LogP contribution in [-0.2, 0) is 15.1 Å². The Morgan fingerprint density at radius 2 is 1.44 bits per heavy atom. The van der Waals surface area contributed by atoms with E-state index in [1.807, 2.05) is 88.4 Å². The molecule has 0 bridgehead atoms. The summed E-state index contributed by atoms with van der Waals surface area (Å²) in [6.45, 7) is 8.02. The SMILES string of the molecule is CC(C)CC(=O)N1C(=O)OC(c2ccccc2)(c2ccccc2)C1C(C)C. The normalized spacial score (nSPS) is 18.8. The van der Waals surface area contributed by atoms with Crippen LogP contribution in [0.1, 0.15) is 45.2 Å². The van der Waals surface area contributed by atoms with Gasteiger partial charge in [0.2, 0.25) is 5.91 Å². The highest BCUT2D eigenvalue weighted by atomic mass is 16.6. The van der Waals surface area contributed by atoms with Gasteiger partial charge in [-0.05, 0) is 11.8 Å². The van der Waals surface area contributed by atoms with Gasteiger partial charge in [-0.25, -0.2) is 9.69 Å². The van der Waals surface area contributed by atoms with E-state index in [1.165, 1.54) is 4.90 Å². The van der Waals surface area contributed by atoms with Crippen LogP contribution in [0.2, 0.25) is 0 Å². The minimum Gasteiger partial charge on any atom is -0.430 e. The molecule has 2 aromatic rings. The molecular formula is C23H27NO3. The maximum absolute atomic E-state index is 13.0. The molecule has 2 amide bonds. The van der Waals surface area contributed by atoms with E-state index in [9.17, 15) is 9.59 Å². The van der Waals surface area contributed by atoms with Gasteiger partial charge in [0.05, 0.1) is 6.04 Å². The standard InChI is InChI=1S/C23H27NO3/c1-16(2)15-20(25)24-21(17(3)4)23(27-22(24)26,18-11-7-5-8-12-18)19-13-9-6-10-14-19/h5-14,16-17,21H,15H2,1-4H3. The molecule has 4 heteroatoms. The van der Waals surface area contributed by atoms with Crippen LogP contribution in [0.4, 0.5) is 4.79 Å². The summed E-state index contributed by atoms with van der Waals surface area (Å²) in [5, 5.41) is 0. The second kappa shape index (κ2) is 7.55. The van der Waals surface area contributed by atoms with Crippen LogP contribution in [-0.4, -0.2) is 22.9 Å². The average molecular weight is 365 g/mol. The van der Waals surface area contributed by atoms with E-state index in [4.69, 9.17) is 4.74 Å². The number of cyclic esters (lactones) is 1. The van der Waals surface area contributed by atoms with Crippen molar-refractivity contribution in [1.82, 2.24) is 4.90 Å². The van der Waals surface area contributed by atoms with Crippen LogP contribution in [0, 0.1) is 11.8 Å². The lowest BCUT2D eigenvalue weighted by Crippen LogP contribution is -2.50. The zero-order valence-corrected chi connectivity index (χ0v) is 16.4. The van der Waals surface area contributed by atoms with E-state index >= 15 is 0 Å². The fraction of sp³-hybridized carbons (Fsp3) is 0.391. The van der Waals surface area contributed by atoms with Crippen molar-refractivity contribution in [2.24, 2.45) is 11.8 Å². The highest BCUT2D eigenvalue weighted by molar-refractivity contribution is 5.94. The lowest BCUT2D eigenvalue weighted by molar-refractivity contribution is -0.131. The second-order valence-electron chi connectivity index (χ2n) is 7.89. The van der Waals surface area contributed by atoms with Gasteiger partial charge in [-0.1, -0.05) is 88.4 Å². The summed E-state index contributed by atoms with van der Waals surface area (Å²) in [6.07, 6.45) is -0.245. The summed E-state index contributed by atoms with van der Waals surface area (Å²) in [5.41, 5.74) is 0.742. The maximum atomic E-state index is 13.0. The molecule has 1 aliphatic heterocycles. The van der Waals surface area contributed by atoms with E-state index in [0.29, 0.717) is 6.42 Å². The Balaban J connectivity index is 2.21. The summed E-state index contributed by atoms with van der Waals surface area (Å²) in [5.74, 6) is 0.0111. The van der Waals surface area contributed by atoms with E-state index in [0.717, 1.165) is 11.1 Å². The number of benzene rings is 2. The minimum absolute atomic E-state index is 0.0213. The van der Waals surface area contributed by atoms with E-state index in [2.05, 4.69) is 0 Å². The number of amides is 2. The molecule has 0 aliphatic carbocycles. The van der Waals surface area contributed by atoms with Crippen LogP contribution in [0.15, 0.2) is 60.7 Å². The Kier molecular flexibility index (Phi) is 5.36. The average Bonchev–Trinajstić information content (AvgIpc) is 2.97. The number of rotatable bonds is 5. The van der Waals surface area contributed by atoms with E-state index in [1.54, 1.807) is 0 Å². The Morgan fingerprint density at radius 3 is 1.85 bits per heavy atom. The van der Waals surface area contributed by atoms with Gasteiger partial charge in [0, 0.05) is 17.5 Å². The molecule has 1 fully saturated rings. The van der Waals surface area contributed by atoms with Crippen molar-refractivity contribution in [3.05, 3.63) is 71.8 Å². The van der Waals surface area contributed by atoms with Gasteiger partial charge in [-0.3, -0.25) is 4.79 Å². The Bertz CT molecular complexity index is 759. The van der Waals surface area contributed by atoms with Gasteiger partial charge in [0.1, 0.15) is 0 Å². The van der Waals surface area contributed by atoms with E-state index in [-0.39, 0.29) is 17.7 Å². The summed E-state index contributed by atoms with van der Waals surface area (Å²) >= 11 is 0. The van der Waals surface area contributed by atoms with Gasteiger partial charge in [-0.15, -0.1) is 0 Å². The fourth-order valence-corrected chi connectivity index (χ4v) is 4.01. The van der Waals surface area contributed by atoms with Crippen molar-refractivity contribution in [3.8, 4) is 0 Å². The molecule has 3 rings (SSSR count). The molecule has 1 atom stereocenters. The summed E-state index contributed by atoms with van der Waals surface area (Å²) in [6, 6.07) is 19.1. The van der Waals surface area contributed by atoms with Crippen molar-refractivity contribution < 1.29 is 14.3 Å². The Morgan fingerprint density at radius 1 is 0.963 bits per heavy atom. The second-order valence-corrected chi connectivity index (χ2v) is 7.89. The van der Waals surface area contributed by atoms with Gasteiger partial charge in [0.25, 0.3) is 0 Å². The van der Waals surface area contributed by atoms with Crippen molar-refractivity contribution in [1.29, 1.82) is 0 Å². The van der Waals surface area contributed by atoms with Crippen LogP contribution in [0.3, 0.4) is 0 Å². The molecule has 4 nitrogen and oxygen atoms in total. The van der Waals surface area contributed by atoms with Crippen molar-refractivity contribution in [2.45, 2.75) is 45.8 Å². The molecule has 0 spiro atoms. The highest BCUT2D eigenvalue weighted by Crippen LogP contribution is 2.47. The third-order valence-electron chi connectivity index (χ3n) is 5.03. The highest BCUT2D eigenvalue weighted by Gasteiger charge is 2.59. The first kappa shape index (κ1) is 19.2. The number of hydrogen-bond donors (Lipinski definition) is 0. The number of carbonyl (C=O) groups is 2. The summed E-state index contributed by atoms with van der Waals surface area (Å²) < 4.78 is 6.08. The molecule has 0 saturated carbocycles. The predicted molar refractivity (Wildman–Crippen MR) is 105 cm³/mol. The first-order valence-electron chi connectivity index (χ1n) is 9.54. The van der Waals surface area contributed by atoms with E-state index < -0.39 is 17.7 Å². The molecule has 27 heavy (non-hydrogen) atoms. The zero-order valence-electron chi connectivity index (χ0n) is 16.4. The fourth-order valence-electron chi connectivity index (χ4n) is 4.01. The Labute approximate surface area is 161 Å².